The molecule has 1 aromatic rings. The highest BCUT2D eigenvalue weighted by Crippen LogP contribution is 2.56. The van der Waals surface area contributed by atoms with Crippen molar-refractivity contribution in [3.05, 3.63) is 34.4 Å². The van der Waals surface area contributed by atoms with Crippen LogP contribution in [0.1, 0.15) is 52.7 Å². The van der Waals surface area contributed by atoms with Gasteiger partial charge in [-0.15, -0.1) is 0 Å². The van der Waals surface area contributed by atoms with E-state index in [1.807, 2.05) is 0 Å². The van der Waals surface area contributed by atoms with Gasteiger partial charge in [0.2, 0.25) is 0 Å². The molecular formula is C17H22O. The molecule has 1 heteroatoms. The van der Waals surface area contributed by atoms with Gasteiger partial charge in [-0.1, -0.05) is 18.9 Å². The number of fused-ring (bicyclic) bond motifs is 1. The van der Waals surface area contributed by atoms with Gasteiger partial charge in [-0.25, -0.2) is 0 Å². The monoisotopic (exact) mass is 242 g/mol. The minimum absolute atomic E-state index is 0.355. The van der Waals surface area contributed by atoms with Crippen molar-refractivity contribution in [2.24, 2.45) is 17.8 Å². The van der Waals surface area contributed by atoms with E-state index in [-0.39, 0.29) is 0 Å². The second-order valence-electron chi connectivity index (χ2n) is 6.25. The third kappa shape index (κ3) is 1.81. The number of Topliss-reactive ketones (excluding diaryl/α,β-unsaturated/α-hetero) is 1. The maximum atomic E-state index is 12.7. The smallest absolute Gasteiger partial charge is 0.166 e. The van der Waals surface area contributed by atoms with Gasteiger partial charge in [0.25, 0.3) is 0 Å². The Morgan fingerprint density at radius 2 is 1.50 bits per heavy atom. The van der Waals surface area contributed by atoms with Crippen LogP contribution in [0.3, 0.4) is 0 Å². The summed E-state index contributed by atoms with van der Waals surface area (Å²) in [6.45, 7) is 6.30. The van der Waals surface area contributed by atoms with Gasteiger partial charge in [0.05, 0.1) is 0 Å². The van der Waals surface area contributed by atoms with Crippen molar-refractivity contribution in [2.75, 3.05) is 0 Å². The zero-order valence-electron chi connectivity index (χ0n) is 11.6. The minimum Gasteiger partial charge on any atom is -0.294 e. The van der Waals surface area contributed by atoms with Crippen molar-refractivity contribution in [2.45, 2.75) is 46.5 Å². The summed E-state index contributed by atoms with van der Waals surface area (Å²) in [6, 6.07) is 4.27. The third-order valence-electron chi connectivity index (χ3n) is 5.07. The fourth-order valence-electron chi connectivity index (χ4n) is 3.79. The summed E-state index contributed by atoms with van der Waals surface area (Å²) in [5.74, 6) is 2.21. The molecule has 2 fully saturated rings. The molecule has 0 bridgehead atoms. The van der Waals surface area contributed by atoms with Crippen LogP contribution < -0.4 is 0 Å². The van der Waals surface area contributed by atoms with E-state index in [2.05, 4.69) is 32.9 Å². The molecular weight excluding hydrogens is 220 g/mol. The number of carbonyl (C=O) groups is 1. The highest BCUT2D eigenvalue weighted by Gasteiger charge is 2.54. The molecule has 0 saturated heterocycles. The second kappa shape index (κ2) is 4.22. The molecule has 2 saturated carbocycles. The third-order valence-corrected chi connectivity index (χ3v) is 5.07. The van der Waals surface area contributed by atoms with Gasteiger partial charge in [0.1, 0.15) is 0 Å². The summed E-state index contributed by atoms with van der Waals surface area (Å²) in [5, 5.41) is 0. The van der Waals surface area contributed by atoms with Gasteiger partial charge in [0.15, 0.2) is 5.78 Å². The second-order valence-corrected chi connectivity index (χ2v) is 6.25. The molecule has 0 aliphatic heterocycles. The van der Waals surface area contributed by atoms with Gasteiger partial charge < -0.3 is 0 Å². The molecule has 2 unspecified atom stereocenters. The first-order valence-electron chi connectivity index (χ1n) is 7.21. The Labute approximate surface area is 110 Å². The Bertz CT molecular complexity index is 489. The Balaban J connectivity index is 1.87. The van der Waals surface area contributed by atoms with E-state index in [1.54, 1.807) is 0 Å². The normalized spacial score (nSPS) is 29.8. The number of hydrogen-bond acceptors (Lipinski definition) is 1. The van der Waals surface area contributed by atoms with Crippen molar-refractivity contribution in [3.8, 4) is 0 Å². The van der Waals surface area contributed by atoms with Crippen LogP contribution in [-0.2, 0) is 0 Å². The topological polar surface area (TPSA) is 17.1 Å². The van der Waals surface area contributed by atoms with Crippen molar-refractivity contribution in [1.29, 1.82) is 0 Å². The first-order chi connectivity index (χ1) is 8.59. The molecule has 1 aromatic carbocycles. The Hall–Kier alpha value is -1.11. The molecule has 18 heavy (non-hydrogen) atoms. The van der Waals surface area contributed by atoms with E-state index in [0.717, 1.165) is 11.1 Å². The number of benzene rings is 1. The molecule has 0 spiro atoms. The van der Waals surface area contributed by atoms with Crippen LogP contribution >= 0.6 is 0 Å². The zero-order valence-corrected chi connectivity index (χ0v) is 11.6. The number of rotatable bonds is 2. The Kier molecular flexibility index (Phi) is 2.80. The highest BCUT2D eigenvalue weighted by molar-refractivity contribution is 6.01. The Morgan fingerprint density at radius 1 is 0.944 bits per heavy atom. The van der Waals surface area contributed by atoms with E-state index in [9.17, 15) is 4.79 Å². The molecule has 0 N–H and O–H groups in total. The number of carbonyl (C=O) groups excluding carboxylic acids is 1. The van der Waals surface area contributed by atoms with Crippen LogP contribution in [0, 0.1) is 38.5 Å². The number of hydrogen-bond donors (Lipinski definition) is 0. The van der Waals surface area contributed by atoms with Crippen LogP contribution in [0.2, 0.25) is 0 Å². The zero-order chi connectivity index (χ0) is 12.9. The van der Waals surface area contributed by atoms with Gasteiger partial charge in [-0.05, 0) is 68.2 Å². The first-order valence-corrected chi connectivity index (χ1v) is 7.21. The molecule has 96 valence electrons. The van der Waals surface area contributed by atoms with E-state index in [1.165, 1.54) is 36.8 Å². The molecule has 2 aliphatic rings. The van der Waals surface area contributed by atoms with Crippen molar-refractivity contribution in [1.82, 2.24) is 0 Å². The highest BCUT2D eigenvalue weighted by atomic mass is 16.1. The standard InChI is InChI=1S/C17H22O/c1-10-8-12(3)15(9-11(10)2)17(18)16-13-6-4-5-7-14(13)16/h8-9,13-14,16H,4-7H2,1-3H3. The SMILES string of the molecule is Cc1cc(C)c(C(=O)C2C3CCCCC32)cc1C. The first kappa shape index (κ1) is 12.0. The number of aryl methyl sites for hydroxylation is 3. The van der Waals surface area contributed by atoms with Crippen LogP contribution in [0.25, 0.3) is 0 Å². The van der Waals surface area contributed by atoms with Crippen LogP contribution in [-0.4, -0.2) is 5.78 Å². The average Bonchev–Trinajstić information content (AvgIpc) is 3.07. The maximum Gasteiger partial charge on any atom is 0.166 e. The lowest BCUT2D eigenvalue weighted by molar-refractivity contribution is 0.0955. The predicted molar refractivity (Wildman–Crippen MR) is 73.9 cm³/mol. The average molecular weight is 242 g/mol. The van der Waals surface area contributed by atoms with Gasteiger partial charge in [0, 0.05) is 11.5 Å². The summed E-state index contributed by atoms with van der Waals surface area (Å²) in [7, 11) is 0. The van der Waals surface area contributed by atoms with E-state index < -0.39 is 0 Å². The fourth-order valence-corrected chi connectivity index (χ4v) is 3.79. The van der Waals surface area contributed by atoms with Gasteiger partial charge >= 0.3 is 0 Å². The summed E-state index contributed by atoms with van der Waals surface area (Å²) >= 11 is 0. The largest absolute Gasteiger partial charge is 0.294 e. The van der Waals surface area contributed by atoms with E-state index in [0.29, 0.717) is 23.5 Å². The maximum absolute atomic E-state index is 12.7. The summed E-state index contributed by atoms with van der Waals surface area (Å²) < 4.78 is 0. The molecule has 0 heterocycles. The van der Waals surface area contributed by atoms with Crippen molar-refractivity contribution >= 4 is 5.78 Å². The predicted octanol–water partition coefficient (Wildman–Crippen LogP) is 4.23. The summed E-state index contributed by atoms with van der Waals surface area (Å²) in [5.41, 5.74) is 4.68. The lowest BCUT2D eigenvalue weighted by Crippen LogP contribution is -2.07. The lowest BCUT2D eigenvalue weighted by atomic mass is 9.95. The quantitative estimate of drug-likeness (QED) is 0.709. The fraction of sp³-hybridized carbons (Fsp3) is 0.588. The Morgan fingerprint density at radius 3 is 2.11 bits per heavy atom. The van der Waals surface area contributed by atoms with E-state index in [4.69, 9.17) is 0 Å². The van der Waals surface area contributed by atoms with Crippen molar-refractivity contribution < 1.29 is 4.79 Å². The van der Waals surface area contributed by atoms with Crippen LogP contribution in [0.15, 0.2) is 12.1 Å². The molecule has 2 atom stereocenters. The lowest BCUT2D eigenvalue weighted by Gasteiger charge is -2.09. The molecule has 2 aliphatic carbocycles. The molecule has 0 aromatic heterocycles. The van der Waals surface area contributed by atoms with E-state index >= 15 is 0 Å². The summed E-state index contributed by atoms with van der Waals surface area (Å²) in [4.78, 5) is 12.7. The summed E-state index contributed by atoms with van der Waals surface area (Å²) in [6.07, 6.45) is 5.23. The molecule has 1 nitrogen and oxygen atoms in total. The van der Waals surface area contributed by atoms with Gasteiger partial charge in [-0.3, -0.25) is 4.79 Å². The molecule has 3 rings (SSSR count). The van der Waals surface area contributed by atoms with Gasteiger partial charge in [-0.2, -0.15) is 0 Å². The minimum atomic E-state index is 0.355. The van der Waals surface area contributed by atoms with Crippen LogP contribution in [0.5, 0.6) is 0 Å². The molecule has 0 radical (unpaired) electrons. The van der Waals surface area contributed by atoms with Crippen molar-refractivity contribution in [3.63, 3.8) is 0 Å². The number of ketones is 1. The molecule has 0 amide bonds. The van der Waals surface area contributed by atoms with Crippen LogP contribution in [0.4, 0.5) is 0 Å².